The Balaban J connectivity index is 1.20. The molecule has 0 saturated carbocycles. The van der Waals surface area contributed by atoms with E-state index in [2.05, 4.69) is 41.4 Å². The van der Waals surface area contributed by atoms with Gasteiger partial charge in [0.2, 0.25) is 17.7 Å². The van der Waals surface area contributed by atoms with Gasteiger partial charge in [-0.25, -0.2) is 0 Å². The predicted octanol–water partition coefficient (Wildman–Crippen LogP) is 5.16. The Morgan fingerprint density at radius 2 is 1.58 bits per heavy atom. The highest BCUT2D eigenvalue weighted by molar-refractivity contribution is 5.76. The van der Waals surface area contributed by atoms with Gasteiger partial charge in [0, 0.05) is 31.5 Å². The molecular formula is C26H31N3O2. The van der Waals surface area contributed by atoms with Crippen LogP contribution in [0.3, 0.4) is 0 Å². The zero-order chi connectivity index (χ0) is 21.6. The minimum Gasteiger partial charge on any atom is -0.421 e. The van der Waals surface area contributed by atoms with Gasteiger partial charge in [0.05, 0.1) is 0 Å². The number of hydrogen-bond acceptors (Lipinski definition) is 4. The first kappa shape index (κ1) is 21.3. The monoisotopic (exact) mass is 417 g/mol. The highest BCUT2D eigenvalue weighted by atomic mass is 16.4. The molecule has 0 atom stereocenters. The number of piperidine rings is 1. The average molecular weight is 418 g/mol. The van der Waals surface area contributed by atoms with Crippen molar-refractivity contribution in [3.8, 4) is 11.5 Å². The molecule has 1 aromatic heterocycles. The summed E-state index contributed by atoms with van der Waals surface area (Å²) in [6.45, 7) is 5.88. The Labute approximate surface area is 184 Å². The number of rotatable bonds is 7. The molecule has 31 heavy (non-hydrogen) atoms. The first-order valence-electron chi connectivity index (χ1n) is 11.3. The molecule has 0 unspecified atom stereocenters. The number of hydrogen-bond donors (Lipinski definition) is 0. The summed E-state index contributed by atoms with van der Waals surface area (Å²) in [5.74, 6) is 1.93. The van der Waals surface area contributed by atoms with Crippen LogP contribution in [-0.2, 0) is 17.6 Å². The maximum atomic E-state index is 12.6. The Bertz CT molecular complexity index is 984. The number of amides is 1. The number of nitrogens with zero attached hydrogens (tertiary/aromatic N) is 3. The fraction of sp³-hybridized carbons (Fsp3) is 0.423. The summed E-state index contributed by atoms with van der Waals surface area (Å²) >= 11 is 0. The summed E-state index contributed by atoms with van der Waals surface area (Å²) in [7, 11) is 0. The predicted molar refractivity (Wildman–Crippen MR) is 122 cm³/mol. The second kappa shape index (κ2) is 9.90. The second-order valence-corrected chi connectivity index (χ2v) is 8.72. The maximum absolute atomic E-state index is 12.6. The quantitative estimate of drug-likeness (QED) is 0.533. The van der Waals surface area contributed by atoms with E-state index in [4.69, 9.17) is 4.42 Å². The fourth-order valence-corrected chi connectivity index (χ4v) is 4.14. The minimum absolute atomic E-state index is 0.187. The Hall–Kier alpha value is -2.95. The van der Waals surface area contributed by atoms with Gasteiger partial charge in [-0.15, -0.1) is 10.2 Å². The molecule has 1 saturated heterocycles. The van der Waals surface area contributed by atoms with Crippen LogP contribution >= 0.6 is 0 Å². The van der Waals surface area contributed by atoms with Crippen molar-refractivity contribution in [3.05, 3.63) is 71.1 Å². The Morgan fingerprint density at radius 3 is 2.26 bits per heavy atom. The van der Waals surface area contributed by atoms with E-state index in [0.717, 1.165) is 37.9 Å². The smallest absolute Gasteiger partial charge is 0.247 e. The summed E-state index contributed by atoms with van der Waals surface area (Å²) in [5, 5.41) is 8.24. The van der Waals surface area contributed by atoms with Gasteiger partial charge in [-0.05, 0) is 63.1 Å². The molecule has 1 fully saturated rings. The van der Waals surface area contributed by atoms with E-state index in [-0.39, 0.29) is 5.91 Å². The van der Waals surface area contributed by atoms with Gasteiger partial charge >= 0.3 is 0 Å². The molecule has 0 bridgehead atoms. The van der Waals surface area contributed by atoms with Crippen molar-refractivity contribution in [3.63, 3.8) is 0 Å². The van der Waals surface area contributed by atoms with E-state index in [1.54, 1.807) is 0 Å². The number of carbonyl (C=O) groups is 1. The van der Waals surface area contributed by atoms with Crippen LogP contribution in [0.25, 0.3) is 11.5 Å². The van der Waals surface area contributed by atoms with Gasteiger partial charge in [-0.1, -0.05) is 47.5 Å². The Morgan fingerprint density at radius 1 is 0.935 bits per heavy atom. The topological polar surface area (TPSA) is 59.2 Å². The van der Waals surface area contributed by atoms with Crippen LogP contribution in [0.1, 0.15) is 48.3 Å². The van der Waals surface area contributed by atoms with E-state index in [1.165, 1.54) is 23.1 Å². The molecule has 0 aliphatic carbocycles. The molecule has 2 aromatic carbocycles. The van der Waals surface area contributed by atoms with E-state index in [1.807, 2.05) is 36.1 Å². The van der Waals surface area contributed by atoms with Crippen molar-refractivity contribution >= 4 is 5.91 Å². The fourth-order valence-electron chi connectivity index (χ4n) is 4.14. The van der Waals surface area contributed by atoms with Crippen molar-refractivity contribution in [1.29, 1.82) is 0 Å². The zero-order valence-corrected chi connectivity index (χ0v) is 18.5. The molecule has 5 nitrogen and oxygen atoms in total. The first-order valence-corrected chi connectivity index (χ1v) is 11.3. The zero-order valence-electron chi connectivity index (χ0n) is 18.5. The largest absolute Gasteiger partial charge is 0.421 e. The summed E-state index contributed by atoms with van der Waals surface area (Å²) in [5.41, 5.74) is 4.81. The number of carbonyl (C=O) groups excluding carboxylic acids is 1. The van der Waals surface area contributed by atoms with Gasteiger partial charge in [0.15, 0.2) is 0 Å². The van der Waals surface area contributed by atoms with Crippen LogP contribution in [0.15, 0.2) is 52.9 Å². The lowest BCUT2D eigenvalue weighted by atomic mass is 9.90. The lowest BCUT2D eigenvalue weighted by molar-refractivity contribution is -0.132. The van der Waals surface area contributed by atoms with Crippen molar-refractivity contribution in [2.45, 2.75) is 52.4 Å². The molecule has 1 aliphatic heterocycles. The SMILES string of the molecule is Cc1ccc(CCC2CCN(C(=O)CCc3nnc(-c4ccc(C)cc4)o3)CC2)cc1. The molecule has 1 amide bonds. The van der Waals surface area contributed by atoms with Crippen molar-refractivity contribution < 1.29 is 9.21 Å². The van der Waals surface area contributed by atoms with E-state index < -0.39 is 0 Å². The molecule has 2 heterocycles. The summed E-state index contributed by atoms with van der Waals surface area (Å²) in [4.78, 5) is 14.6. The normalized spacial score (nSPS) is 14.7. The van der Waals surface area contributed by atoms with Gasteiger partial charge < -0.3 is 9.32 Å². The number of aromatic nitrogens is 2. The third-order valence-electron chi connectivity index (χ3n) is 6.25. The van der Waals surface area contributed by atoms with Crippen molar-refractivity contribution in [1.82, 2.24) is 15.1 Å². The molecule has 3 aromatic rings. The van der Waals surface area contributed by atoms with Crippen molar-refractivity contribution in [2.24, 2.45) is 5.92 Å². The molecule has 0 N–H and O–H groups in total. The molecule has 5 heteroatoms. The molecule has 1 aliphatic rings. The highest BCUT2D eigenvalue weighted by Crippen LogP contribution is 2.24. The Kier molecular flexibility index (Phi) is 6.80. The highest BCUT2D eigenvalue weighted by Gasteiger charge is 2.23. The summed E-state index contributed by atoms with van der Waals surface area (Å²) in [6.07, 6.45) is 5.42. The van der Waals surface area contributed by atoms with Crippen LogP contribution in [-0.4, -0.2) is 34.1 Å². The van der Waals surface area contributed by atoms with E-state index in [9.17, 15) is 4.79 Å². The van der Waals surface area contributed by atoms with E-state index in [0.29, 0.717) is 30.5 Å². The van der Waals surface area contributed by atoms with Crippen LogP contribution in [0.2, 0.25) is 0 Å². The van der Waals surface area contributed by atoms with E-state index >= 15 is 0 Å². The van der Waals surface area contributed by atoms with Crippen LogP contribution in [0.5, 0.6) is 0 Å². The van der Waals surface area contributed by atoms with Gasteiger partial charge in [-0.2, -0.15) is 0 Å². The van der Waals surface area contributed by atoms with Crippen LogP contribution in [0, 0.1) is 19.8 Å². The van der Waals surface area contributed by atoms with Gasteiger partial charge in [0.1, 0.15) is 0 Å². The van der Waals surface area contributed by atoms with Crippen LogP contribution < -0.4 is 0 Å². The lowest BCUT2D eigenvalue weighted by Crippen LogP contribution is -2.38. The summed E-state index contributed by atoms with van der Waals surface area (Å²) in [6, 6.07) is 16.8. The first-order chi connectivity index (χ1) is 15.1. The average Bonchev–Trinajstić information content (AvgIpc) is 3.27. The summed E-state index contributed by atoms with van der Waals surface area (Å²) < 4.78 is 5.75. The molecular weight excluding hydrogens is 386 g/mol. The molecule has 4 rings (SSSR count). The van der Waals surface area contributed by atoms with Gasteiger partial charge in [-0.3, -0.25) is 4.79 Å². The van der Waals surface area contributed by atoms with Crippen LogP contribution in [0.4, 0.5) is 0 Å². The standard InChI is InChI=1S/C26H31N3O2/c1-19-3-7-21(8-4-19)9-10-22-15-17-29(18-16-22)25(30)14-13-24-27-28-26(31-24)23-11-5-20(2)6-12-23/h3-8,11-12,22H,9-10,13-18H2,1-2H3. The van der Waals surface area contributed by atoms with Crippen molar-refractivity contribution in [2.75, 3.05) is 13.1 Å². The molecule has 162 valence electrons. The lowest BCUT2D eigenvalue weighted by Gasteiger charge is -2.32. The number of benzene rings is 2. The maximum Gasteiger partial charge on any atom is 0.247 e. The molecule has 0 radical (unpaired) electrons. The number of likely N-dealkylation sites (tertiary alicyclic amines) is 1. The van der Waals surface area contributed by atoms with Gasteiger partial charge in [0.25, 0.3) is 0 Å². The minimum atomic E-state index is 0.187. The third-order valence-corrected chi connectivity index (χ3v) is 6.25. The third kappa shape index (κ3) is 5.81. The molecule has 0 spiro atoms. The number of aryl methyl sites for hydroxylation is 4. The second-order valence-electron chi connectivity index (χ2n) is 8.72.